The first kappa shape index (κ1) is 37.6. The first-order chi connectivity index (χ1) is 26.0. The number of carbonyl (C=O) groups excluding carboxylic acids is 2. The lowest BCUT2D eigenvalue weighted by molar-refractivity contribution is -0.137. The van der Waals surface area contributed by atoms with Crippen LogP contribution in [-0.2, 0) is 30.4 Å². The van der Waals surface area contributed by atoms with Crippen molar-refractivity contribution < 1.29 is 27.9 Å². The summed E-state index contributed by atoms with van der Waals surface area (Å²) in [5.41, 5.74) is 2.18. The van der Waals surface area contributed by atoms with Crippen LogP contribution in [0.4, 0.5) is 30.2 Å². The van der Waals surface area contributed by atoms with Crippen LogP contribution in [0.5, 0.6) is 5.75 Å². The van der Waals surface area contributed by atoms with Gasteiger partial charge in [0, 0.05) is 50.0 Å². The third-order valence-corrected chi connectivity index (χ3v) is 10.7. The number of benzene rings is 2. The summed E-state index contributed by atoms with van der Waals surface area (Å²) in [6.07, 6.45) is -2.34. The van der Waals surface area contributed by atoms with Crippen molar-refractivity contribution in [3.8, 4) is 17.1 Å². The molecular formula is C37H38ClF3N10O4. The van der Waals surface area contributed by atoms with E-state index in [-0.39, 0.29) is 89.8 Å². The van der Waals surface area contributed by atoms with E-state index >= 15 is 0 Å². The summed E-state index contributed by atoms with van der Waals surface area (Å²) in [6.45, 7) is 8.15. The summed E-state index contributed by atoms with van der Waals surface area (Å²) in [5, 5.41) is 17.4. The van der Waals surface area contributed by atoms with E-state index in [9.17, 15) is 32.7 Å². The SMILES string of the molecule is CCc1c(N2CCN(C(=O)c3ncnc(C)c3O)CC2)c(=O)n2nc(-c3ccc4c(c3)CC(C)(C)N4C)nc2n1CC(=O)Nc1ccc(C(F)(F)F)cc1Cl. The average Bonchev–Trinajstić information content (AvgIpc) is 3.69. The van der Waals surface area contributed by atoms with Gasteiger partial charge in [-0.05, 0) is 75.6 Å². The second-order valence-electron chi connectivity index (χ2n) is 14.3. The van der Waals surface area contributed by atoms with E-state index < -0.39 is 29.1 Å². The molecule has 0 atom stereocenters. The largest absolute Gasteiger partial charge is 0.504 e. The van der Waals surface area contributed by atoms with Crippen molar-refractivity contribution in [1.29, 1.82) is 0 Å². The maximum absolute atomic E-state index is 14.4. The van der Waals surface area contributed by atoms with Crippen LogP contribution in [-0.4, -0.2) is 89.7 Å². The van der Waals surface area contributed by atoms with Crippen molar-refractivity contribution in [2.24, 2.45) is 0 Å². The number of halogens is 4. The van der Waals surface area contributed by atoms with Gasteiger partial charge in [-0.2, -0.15) is 22.7 Å². The summed E-state index contributed by atoms with van der Waals surface area (Å²) < 4.78 is 42.6. The number of aromatic nitrogens is 6. The molecule has 14 nitrogen and oxygen atoms in total. The van der Waals surface area contributed by atoms with E-state index in [1.54, 1.807) is 11.5 Å². The molecule has 55 heavy (non-hydrogen) atoms. The predicted octanol–water partition coefficient (Wildman–Crippen LogP) is 4.97. The number of hydrogen-bond acceptors (Lipinski definition) is 10. The molecule has 1 fully saturated rings. The Bertz CT molecular complexity index is 2420. The molecule has 288 valence electrons. The van der Waals surface area contributed by atoms with Gasteiger partial charge in [-0.25, -0.2) is 9.97 Å². The highest BCUT2D eigenvalue weighted by atomic mass is 35.5. The van der Waals surface area contributed by atoms with Gasteiger partial charge in [0.2, 0.25) is 11.7 Å². The zero-order valence-electron chi connectivity index (χ0n) is 30.7. The smallest absolute Gasteiger partial charge is 0.416 e. The van der Waals surface area contributed by atoms with Gasteiger partial charge in [0.25, 0.3) is 11.5 Å². The maximum atomic E-state index is 14.4. The van der Waals surface area contributed by atoms with Crippen LogP contribution >= 0.6 is 11.6 Å². The number of aryl methyl sites for hydroxylation is 1. The van der Waals surface area contributed by atoms with Crippen molar-refractivity contribution in [3.05, 3.63) is 86.3 Å². The lowest BCUT2D eigenvalue weighted by atomic mass is 9.99. The van der Waals surface area contributed by atoms with Crippen LogP contribution in [0, 0.1) is 6.92 Å². The van der Waals surface area contributed by atoms with Crippen LogP contribution < -0.4 is 20.7 Å². The molecule has 5 heterocycles. The zero-order valence-corrected chi connectivity index (χ0v) is 31.5. The minimum Gasteiger partial charge on any atom is -0.504 e. The van der Waals surface area contributed by atoms with Crippen LogP contribution in [0.15, 0.2) is 47.5 Å². The molecule has 0 aliphatic carbocycles. The first-order valence-corrected chi connectivity index (χ1v) is 18.0. The Balaban J connectivity index is 1.27. The topological polar surface area (TPSA) is 154 Å². The number of hydrogen-bond donors (Lipinski definition) is 2. The summed E-state index contributed by atoms with van der Waals surface area (Å²) in [5.74, 6) is -1.05. The van der Waals surface area contributed by atoms with Gasteiger partial charge in [0.1, 0.15) is 18.6 Å². The lowest BCUT2D eigenvalue weighted by Gasteiger charge is -2.36. The maximum Gasteiger partial charge on any atom is 0.416 e. The van der Waals surface area contributed by atoms with Gasteiger partial charge in [0.05, 0.1) is 27.7 Å². The monoisotopic (exact) mass is 778 g/mol. The molecule has 0 unspecified atom stereocenters. The number of aromatic hydroxyl groups is 1. The van der Waals surface area contributed by atoms with Gasteiger partial charge in [-0.3, -0.25) is 14.4 Å². The molecule has 0 radical (unpaired) electrons. The van der Waals surface area contributed by atoms with Gasteiger partial charge < -0.3 is 29.7 Å². The molecule has 2 N–H and O–H groups in total. The molecule has 2 amide bonds. The van der Waals surface area contributed by atoms with E-state index in [1.165, 1.54) is 11.2 Å². The Morgan fingerprint density at radius 1 is 1.05 bits per heavy atom. The van der Waals surface area contributed by atoms with Crippen LogP contribution in [0.3, 0.4) is 0 Å². The van der Waals surface area contributed by atoms with Crippen molar-refractivity contribution in [1.82, 2.24) is 34.0 Å². The van der Waals surface area contributed by atoms with Crippen molar-refractivity contribution in [2.75, 3.05) is 48.3 Å². The summed E-state index contributed by atoms with van der Waals surface area (Å²) in [6, 6.07) is 8.52. The Morgan fingerprint density at radius 3 is 2.45 bits per heavy atom. The summed E-state index contributed by atoms with van der Waals surface area (Å²) >= 11 is 6.16. The molecule has 0 bridgehead atoms. The molecule has 0 spiro atoms. The number of nitrogens with one attached hydrogen (secondary N) is 1. The number of alkyl halides is 3. The summed E-state index contributed by atoms with van der Waals surface area (Å²) in [7, 11) is 2.04. The van der Waals surface area contributed by atoms with Crippen molar-refractivity contribution >= 4 is 46.3 Å². The highest BCUT2D eigenvalue weighted by Gasteiger charge is 2.35. The number of likely N-dealkylation sites (N-methyl/N-ethyl adjacent to an activating group) is 1. The van der Waals surface area contributed by atoms with Gasteiger partial charge in [-0.15, -0.1) is 5.10 Å². The van der Waals surface area contributed by atoms with E-state index in [4.69, 9.17) is 16.6 Å². The van der Waals surface area contributed by atoms with Gasteiger partial charge >= 0.3 is 6.18 Å². The van der Waals surface area contributed by atoms with Gasteiger partial charge in [-0.1, -0.05) is 18.5 Å². The molecule has 7 rings (SSSR count). The highest BCUT2D eigenvalue weighted by Crippen LogP contribution is 2.39. The Kier molecular flexibility index (Phi) is 9.47. The zero-order chi connectivity index (χ0) is 39.6. The quantitative estimate of drug-likeness (QED) is 0.232. The standard InChI is InChI=1S/C37H38ClF3N10O4/c1-6-26-30(48-11-13-49(14-12-48)33(54)29-31(53)20(2)42-19-43-29)34(55)51-35(45-32(46-51)21-7-10-27-22(15-21)17-36(3,4)47(27)5)50(26)18-28(52)44-25-9-8-23(16-24(25)38)37(39,40)41/h7-10,15-16,19,53H,6,11-14,17-18H2,1-5H3,(H,44,52). The minimum atomic E-state index is -4.62. The minimum absolute atomic E-state index is 0.0195. The lowest BCUT2D eigenvalue weighted by Crippen LogP contribution is -2.51. The molecular weight excluding hydrogens is 741 g/mol. The van der Waals surface area contributed by atoms with E-state index in [2.05, 4.69) is 39.1 Å². The average molecular weight is 779 g/mol. The van der Waals surface area contributed by atoms with Crippen molar-refractivity contribution in [3.63, 3.8) is 0 Å². The van der Waals surface area contributed by atoms with Crippen LogP contribution in [0.25, 0.3) is 17.2 Å². The fourth-order valence-corrected chi connectivity index (χ4v) is 7.42. The normalized spacial score (nSPS) is 15.5. The van der Waals surface area contributed by atoms with Gasteiger partial charge in [0.15, 0.2) is 17.3 Å². The molecule has 0 saturated carbocycles. The second kappa shape index (κ2) is 13.9. The number of carbonyl (C=O) groups is 2. The molecule has 3 aromatic heterocycles. The summed E-state index contributed by atoms with van der Waals surface area (Å²) in [4.78, 5) is 59.6. The highest BCUT2D eigenvalue weighted by molar-refractivity contribution is 6.33. The van der Waals surface area contributed by atoms with E-state index in [1.807, 2.05) is 37.1 Å². The molecule has 2 aromatic carbocycles. The molecule has 18 heteroatoms. The first-order valence-electron chi connectivity index (χ1n) is 17.6. The molecule has 2 aliphatic heterocycles. The fraction of sp³-hybridized carbons (Fsp3) is 0.378. The van der Waals surface area contributed by atoms with Crippen LogP contribution in [0.1, 0.15) is 53.8 Å². The van der Waals surface area contributed by atoms with E-state index in [0.717, 1.165) is 40.4 Å². The predicted molar refractivity (Wildman–Crippen MR) is 200 cm³/mol. The second-order valence-corrected chi connectivity index (χ2v) is 14.7. The molecule has 5 aromatic rings. The molecule has 2 aliphatic rings. The number of rotatable bonds is 7. The van der Waals surface area contributed by atoms with Crippen molar-refractivity contribution in [2.45, 2.75) is 58.8 Å². The third-order valence-electron chi connectivity index (χ3n) is 10.4. The van der Waals surface area contributed by atoms with E-state index in [0.29, 0.717) is 11.3 Å². The third kappa shape index (κ3) is 6.81. The number of amides is 2. The number of nitrogens with zero attached hydrogens (tertiary/aromatic N) is 9. The Morgan fingerprint density at radius 2 is 1.78 bits per heavy atom. The Labute approximate surface area is 318 Å². The van der Waals surface area contributed by atoms with Crippen LogP contribution in [0.2, 0.25) is 5.02 Å². The number of anilines is 3. The Hall–Kier alpha value is -5.71. The number of piperazine rings is 1. The molecule has 1 saturated heterocycles. The number of fused-ring (bicyclic) bond motifs is 2. The fourth-order valence-electron chi connectivity index (χ4n) is 7.19.